The third-order valence-corrected chi connectivity index (χ3v) is 7.10. The van der Waals surface area contributed by atoms with Crippen molar-refractivity contribution in [2.45, 2.75) is 47.0 Å². The zero-order chi connectivity index (χ0) is 20.7. The van der Waals surface area contributed by atoms with E-state index in [1.54, 1.807) is 11.8 Å². The van der Waals surface area contributed by atoms with Crippen molar-refractivity contribution < 1.29 is 9.53 Å². The number of esters is 1. The Morgan fingerprint density at radius 1 is 1.39 bits per heavy atom. The minimum absolute atomic E-state index is 0.120. The number of benzene rings is 1. The molecule has 1 fully saturated rings. The van der Waals surface area contributed by atoms with Gasteiger partial charge in [0.15, 0.2) is 5.17 Å². The average Bonchev–Trinajstić information content (AvgIpc) is 2.65. The Labute approximate surface area is 182 Å². The number of rotatable bonds is 6. The standard InChI is InChI=1S/C21H30N2O2S3/c1-6-11-25-18(24)12-27-20(26)23-13-21(4,5)14-28-19(23)22-17-10-8-7-9-16(17)15(2)3/h7-10,15H,6,11-14H2,1-5H3. The number of thiocarbonyl (C=S) groups is 1. The Morgan fingerprint density at radius 2 is 2.11 bits per heavy atom. The van der Waals surface area contributed by atoms with Crippen molar-refractivity contribution in [3.63, 3.8) is 0 Å². The molecule has 0 atom stereocenters. The van der Waals surface area contributed by atoms with Crippen LogP contribution >= 0.6 is 35.7 Å². The number of carbonyl (C=O) groups excluding carboxylic acids is 1. The van der Waals surface area contributed by atoms with Gasteiger partial charge in [-0.15, -0.1) is 0 Å². The molecular weight excluding hydrogens is 408 g/mol. The van der Waals surface area contributed by atoms with Gasteiger partial charge in [-0.2, -0.15) is 0 Å². The maximum Gasteiger partial charge on any atom is 0.316 e. The van der Waals surface area contributed by atoms with Crippen LogP contribution in [0.25, 0.3) is 0 Å². The molecule has 4 nitrogen and oxygen atoms in total. The van der Waals surface area contributed by atoms with E-state index >= 15 is 0 Å². The third-order valence-electron chi connectivity index (χ3n) is 4.18. The number of para-hydroxylation sites is 1. The molecule has 0 spiro atoms. The molecule has 0 aliphatic carbocycles. The van der Waals surface area contributed by atoms with Crippen LogP contribution in [-0.2, 0) is 9.53 Å². The van der Waals surface area contributed by atoms with Gasteiger partial charge in [0.25, 0.3) is 0 Å². The maximum atomic E-state index is 11.9. The molecule has 1 aliphatic heterocycles. The van der Waals surface area contributed by atoms with E-state index in [0.29, 0.717) is 16.8 Å². The van der Waals surface area contributed by atoms with Crippen LogP contribution in [0.2, 0.25) is 0 Å². The maximum absolute atomic E-state index is 11.9. The number of hydrogen-bond acceptors (Lipinski definition) is 6. The van der Waals surface area contributed by atoms with Crippen LogP contribution in [0.15, 0.2) is 29.3 Å². The van der Waals surface area contributed by atoms with Crippen LogP contribution in [0.1, 0.15) is 52.5 Å². The highest BCUT2D eigenvalue weighted by Gasteiger charge is 2.33. The first-order valence-electron chi connectivity index (χ1n) is 9.64. The number of ether oxygens (including phenoxy) is 1. The highest BCUT2D eigenvalue weighted by Crippen LogP contribution is 2.35. The SMILES string of the molecule is CCCOC(=O)CSC(=S)N1CC(C)(C)CSC1=Nc1ccccc1C(C)C. The number of aliphatic imine (C=N–C) groups is 1. The molecule has 1 aliphatic rings. The molecule has 0 radical (unpaired) electrons. The van der Waals surface area contributed by atoms with Gasteiger partial charge in [-0.3, -0.25) is 4.79 Å². The molecule has 0 bridgehead atoms. The predicted octanol–water partition coefficient (Wildman–Crippen LogP) is 5.84. The van der Waals surface area contributed by atoms with Crippen molar-refractivity contribution in [1.29, 1.82) is 0 Å². The minimum Gasteiger partial charge on any atom is -0.465 e. The van der Waals surface area contributed by atoms with Gasteiger partial charge in [0, 0.05) is 12.3 Å². The monoisotopic (exact) mass is 438 g/mol. The Morgan fingerprint density at radius 3 is 2.79 bits per heavy atom. The molecular formula is C21H30N2O2S3. The van der Waals surface area contributed by atoms with Gasteiger partial charge in [-0.1, -0.05) is 88.6 Å². The molecule has 2 rings (SSSR count). The lowest BCUT2D eigenvalue weighted by molar-refractivity contribution is -0.140. The Kier molecular flexibility index (Phi) is 8.83. The fraction of sp³-hybridized carbons (Fsp3) is 0.571. The van der Waals surface area contributed by atoms with Gasteiger partial charge in [-0.25, -0.2) is 4.99 Å². The van der Waals surface area contributed by atoms with E-state index in [-0.39, 0.29) is 17.1 Å². The summed E-state index contributed by atoms with van der Waals surface area (Å²) in [5.41, 5.74) is 2.33. The van der Waals surface area contributed by atoms with Crippen LogP contribution < -0.4 is 0 Å². The van der Waals surface area contributed by atoms with E-state index in [1.165, 1.54) is 17.3 Å². The summed E-state index contributed by atoms with van der Waals surface area (Å²) in [7, 11) is 0. The van der Waals surface area contributed by atoms with Crippen molar-refractivity contribution in [2.24, 2.45) is 10.4 Å². The number of nitrogens with zero attached hydrogens (tertiary/aromatic N) is 2. The van der Waals surface area contributed by atoms with Gasteiger partial charge < -0.3 is 9.64 Å². The quantitative estimate of drug-likeness (QED) is 0.410. The van der Waals surface area contributed by atoms with E-state index in [1.807, 2.05) is 13.0 Å². The molecule has 0 N–H and O–H groups in total. The van der Waals surface area contributed by atoms with E-state index < -0.39 is 0 Å². The first-order valence-corrected chi connectivity index (χ1v) is 12.0. The lowest BCUT2D eigenvalue weighted by Gasteiger charge is -2.39. The van der Waals surface area contributed by atoms with Crippen LogP contribution in [0.4, 0.5) is 5.69 Å². The zero-order valence-corrected chi connectivity index (χ0v) is 19.8. The van der Waals surface area contributed by atoms with Gasteiger partial charge in [-0.05, 0) is 29.4 Å². The molecule has 154 valence electrons. The second-order valence-electron chi connectivity index (χ2n) is 7.92. The van der Waals surface area contributed by atoms with Gasteiger partial charge in [0.2, 0.25) is 0 Å². The third kappa shape index (κ3) is 6.78. The summed E-state index contributed by atoms with van der Waals surface area (Å²) in [6.07, 6.45) is 0.823. The van der Waals surface area contributed by atoms with Gasteiger partial charge in [0.05, 0.1) is 18.0 Å². The van der Waals surface area contributed by atoms with Gasteiger partial charge in [0.1, 0.15) is 4.32 Å². The lowest BCUT2D eigenvalue weighted by Crippen LogP contribution is -2.45. The van der Waals surface area contributed by atoms with E-state index in [2.05, 4.69) is 50.8 Å². The van der Waals surface area contributed by atoms with Crippen molar-refractivity contribution in [2.75, 3.05) is 24.7 Å². The molecule has 1 aromatic rings. The molecule has 0 unspecified atom stereocenters. The predicted molar refractivity (Wildman–Crippen MR) is 127 cm³/mol. The average molecular weight is 439 g/mol. The second kappa shape index (κ2) is 10.6. The molecule has 1 heterocycles. The van der Waals surface area contributed by atoms with Crippen LogP contribution in [0, 0.1) is 5.41 Å². The molecule has 28 heavy (non-hydrogen) atoms. The van der Waals surface area contributed by atoms with Crippen molar-refractivity contribution >= 4 is 56.9 Å². The first kappa shape index (κ1) is 23.2. The van der Waals surface area contributed by atoms with Crippen LogP contribution in [0.3, 0.4) is 0 Å². The zero-order valence-electron chi connectivity index (χ0n) is 17.4. The molecule has 1 saturated heterocycles. The first-order chi connectivity index (χ1) is 13.2. The molecule has 0 aromatic heterocycles. The summed E-state index contributed by atoms with van der Waals surface area (Å²) in [6.45, 7) is 12.0. The van der Waals surface area contributed by atoms with E-state index in [0.717, 1.165) is 29.6 Å². The van der Waals surface area contributed by atoms with Crippen molar-refractivity contribution in [3.8, 4) is 0 Å². The Bertz CT molecular complexity index is 732. The summed E-state index contributed by atoms with van der Waals surface area (Å²) in [4.78, 5) is 18.9. The highest BCUT2D eigenvalue weighted by atomic mass is 32.2. The molecule has 0 saturated carbocycles. The summed E-state index contributed by atoms with van der Waals surface area (Å²) >= 11 is 8.76. The second-order valence-corrected chi connectivity index (χ2v) is 10.5. The molecule has 7 heteroatoms. The number of hydrogen-bond donors (Lipinski definition) is 0. The highest BCUT2D eigenvalue weighted by molar-refractivity contribution is 8.23. The largest absolute Gasteiger partial charge is 0.465 e. The van der Waals surface area contributed by atoms with Crippen LogP contribution in [0.5, 0.6) is 0 Å². The van der Waals surface area contributed by atoms with Gasteiger partial charge >= 0.3 is 5.97 Å². The van der Waals surface area contributed by atoms with E-state index in [4.69, 9.17) is 21.9 Å². The lowest BCUT2D eigenvalue weighted by atomic mass is 9.96. The van der Waals surface area contributed by atoms with Crippen molar-refractivity contribution in [3.05, 3.63) is 29.8 Å². The minimum atomic E-state index is -0.221. The smallest absolute Gasteiger partial charge is 0.316 e. The molecule has 1 aromatic carbocycles. The Hall–Kier alpha value is -1.05. The number of thioether (sulfide) groups is 2. The van der Waals surface area contributed by atoms with Crippen LogP contribution in [-0.4, -0.2) is 45.0 Å². The van der Waals surface area contributed by atoms with Crippen molar-refractivity contribution in [1.82, 2.24) is 4.90 Å². The summed E-state index contributed by atoms with van der Waals surface area (Å²) < 4.78 is 5.84. The molecule has 0 amide bonds. The van der Waals surface area contributed by atoms with E-state index in [9.17, 15) is 4.79 Å². The Balaban J connectivity index is 2.20. The summed E-state index contributed by atoms with van der Waals surface area (Å²) in [5.74, 6) is 1.39. The fourth-order valence-electron chi connectivity index (χ4n) is 2.75. The summed E-state index contributed by atoms with van der Waals surface area (Å²) in [5, 5.41) is 0.909. The topological polar surface area (TPSA) is 41.9 Å². The number of amidine groups is 1. The normalized spacial score (nSPS) is 17.8. The number of carbonyl (C=O) groups is 1. The summed E-state index contributed by atoms with van der Waals surface area (Å²) in [6, 6.07) is 8.25. The fourth-order valence-corrected chi connectivity index (χ4v) is 4.91.